The third kappa shape index (κ3) is 4.73. The maximum absolute atomic E-state index is 11.6. The lowest BCUT2D eigenvalue weighted by atomic mass is 10.1. The van der Waals surface area contributed by atoms with Gasteiger partial charge in [0.25, 0.3) is 0 Å². The number of aromatic nitrogens is 3. The first-order chi connectivity index (χ1) is 17.5. The van der Waals surface area contributed by atoms with Gasteiger partial charge >= 0.3 is 5.69 Å². The second kappa shape index (κ2) is 10.1. The van der Waals surface area contributed by atoms with E-state index in [0.717, 1.165) is 11.1 Å². The molecule has 1 aliphatic heterocycles. The van der Waals surface area contributed by atoms with Crippen LogP contribution >= 0.6 is 11.8 Å². The molecule has 0 aliphatic carbocycles. The van der Waals surface area contributed by atoms with Gasteiger partial charge in [0.05, 0.1) is 11.5 Å². The molecular formula is C25H21N5O5S. The van der Waals surface area contributed by atoms with Gasteiger partial charge in [-0.05, 0) is 24.6 Å². The Kier molecular flexibility index (Phi) is 6.54. The summed E-state index contributed by atoms with van der Waals surface area (Å²) in [7, 11) is 0. The van der Waals surface area contributed by atoms with Gasteiger partial charge in [-0.25, -0.2) is 0 Å². The fraction of sp³-hybridized carbons (Fsp3) is 0.160. The van der Waals surface area contributed by atoms with Gasteiger partial charge in [0.2, 0.25) is 16.8 Å². The number of phenolic OH excluding ortho intramolecular Hbond substituents is 1. The van der Waals surface area contributed by atoms with E-state index in [0.29, 0.717) is 27.9 Å². The van der Waals surface area contributed by atoms with Crippen molar-refractivity contribution in [3.63, 3.8) is 0 Å². The van der Waals surface area contributed by atoms with Crippen molar-refractivity contribution in [2.24, 2.45) is 0 Å². The Bertz CT molecular complexity index is 1420. The molecule has 2 N–H and O–H groups in total. The Labute approximate surface area is 210 Å². The number of nitrogens with zero attached hydrogens (tertiary/aromatic N) is 4. The molecule has 0 unspecified atom stereocenters. The normalized spacial score (nSPS) is 14.0. The minimum atomic E-state index is -0.880. The monoisotopic (exact) mass is 503 g/mol. The van der Waals surface area contributed by atoms with Crippen LogP contribution < -0.4 is 14.8 Å². The number of ether oxygens (including phenoxy) is 2. The van der Waals surface area contributed by atoms with E-state index in [1.165, 1.54) is 23.9 Å². The standard InChI is InChI=1S/C25H21N5O5S/c1-2-34-20-13-16(12-19(22(20)31)30(32)33)23-26-18-11-7-6-10-17(18)21-24(35-23)27-25(29-28-21)36-14-15-8-4-3-5-9-15/h3-13,23,26,31H,2,14H2,1H3/t23-/m1/s1. The van der Waals surface area contributed by atoms with E-state index < -0.39 is 22.6 Å². The average Bonchev–Trinajstić information content (AvgIpc) is 3.06. The molecule has 0 spiro atoms. The molecular weight excluding hydrogens is 482 g/mol. The topological polar surface area (TPSA) is 133 Å². The Balaban J connectivity index is 1.54. The van der Waals surface area contributed by atoms with Crippen molar-refractivity contribution in [1.29, 1.82) is 0 Å². The van der Waals surface area contributed by atoms with Gasteiger partial charge in [-0.3, -0.25) is 10.1 Å². The quantitative estimate of drug-likeness (QED) is 0.193. The number of fused-ring (bicyclic) bond motifs is 3. The summed E-state index contributed by atoms with van der Waals surface area (Å²) in [5, 5.41) is 34.3. The lowest BCUT2D eigenvalue weighted by Gasteiger charge is -2.20. The number of phenols is 1. The number of para-hydroxylation sites is 1. The second-order valence-electron chi connectivity index (χ2n) is 7.79. The van der Waals surface area contributed by atoms with Crippen LogP contribution in [0.2, 0.25) is 0 Å². The van der Waals surface area contributed by atoms with Crippen LogP contribution in [0.25, 0.3) is 11.3 Å². The number of nitrogens with one attached hydrogen (secondary N) is 1. The number of thioether (sulfide) groups is 1. The molecule has 3 aromatic carbocycles. The van der Waals surface area contributed by atoms with Crippen LogP contribution in [0.1, 0.15) is 24.3 Å². The molecule has 5 rings (SSSR count). The molecule has 1 aromatic heterocycles. The fourth-order valence-electron chi connectivity index (χ4n) is 3.75. The van der Waals surface area contributed by atoms with Crippen molar-refractivity contribution >= 4 is 23.1 Å². The summed E-state index contributed by atoms with van der Waals surface area (Å²) < 4.78 is 11.7. The number of hydrogen-bond donors (Lipinski definition) is 2. The summed E-state index contributed by atoms with van der Waals surface area (Å²) in [6.45, 7) is 1.94. The van der Waals surface area contributed by atoms with Crippen molar-refractivity contribution < 1.29 is 19.5 Å². The summed E-state index contributed by atoms with van der Waals surface area (Å²) >= 11 is 1.42. The van der Waals surface area contributed by atoms with Crippen LogP contribution in [-0.4, -0.2) is 31.8 Å². The Morgan fingerprint density at radius 3 is 2.69 bits per heavy atom. The number of hydrogen-bond acceptors (Lipinski definition) is 10. The maximum atomic E-state index is 11.6. The van der Waals surface area contributed by atoms with Crippen molar-refractivity contribution in [1.82, 2.24) is 15.2 Å². The third-order valence-electron chi connectivity index (χ3n) is 5.42. The molecule has 0 saturated heterocycles. The van der Waals surface area contributed by atoms with Gasteiger partial charge in [0.15, 0.2) is 17.7 Å². The molecule has 0 saturated carbocycles. The van der Waals surface area contributed by atoms with E-state index in [2.05, 4.69) is 20.5 Å². The van der Waals surface area contributed by atoms with E-state index in [1.54, 1.807) is 6.92 Å². The highest BCUT2D eigenvalue weighted by molar-refractivity contribution is 7.98. The Morgan fingerprint density at radius 1 is 1.14 bits per heavy atom. The number of aromatic hydroxyl groups is 1. The van der Waals surface area contributed by atoms with E-state index in [4.69, 9.17) is 9.47 Å². The van der Waals surface area contributed by atoms with Gasteiger partial charge in [-0.15, -0.1) is 10.2 Å². The van der Waals surface area contributed by atoms with E-state index in [1.807, 2.05) is 54.6 Å². The zero-order valence-electron chi connectivity index (χ0n) is 19.1. The third-order valence-corrected chi connectivity index (χ3v) is 6.33. The van der Waals surface area contributed by atoms with Crippen LogP contribution in [-0.2, 0) is 5.75 Å². The summed E-state index contributed by atoms with van der Waals surface area (Å²) in [6.07, 6.45) is -0.880. The number of benzene rings is 3. The highest BCUT2D eigenvalue weighted by Crippen LogP contribution is 2.43. The Morgan fingerprint density at radius 2 is 1.92 bits per heavy atom. The molecule has 0 radical (unpaired) electrons. The molecule has 0 bridgehead atoms. The smallest absolute Gasteiger partial charge is 0.315 e. The molecule has 182 valence electrons. The summed E-state index contributed by atoms with van der Waals surface area (Å²) in [5.41, 5.74) is 2.88. The second-order valence-corrected chi connectivity index (χ2v) is 8.73. The first kappa shape index (κ1) is 23.4. The zero-order chi connectivity index (χ0) is 25.1. The van der Waals surface area contributed by atoms with Crippen LogP contribution in [0.15, 0.2) is 71.9 Å². The zero-order valence-corrected chi connectivity index (χ0v) is 19.9. The maximum Gasteiger partial charge on any atom is 0.315 e. The van der Waals surface area contributed by atoms with Crippen molar-refractivity contribution in [2.75, 3.05) is 11.9 Å². The first-order valence-corrected chi connectivity index (χ1v) is 12.1. The highest BCUT2D eigenvalue weighted by atomic mass is 32.2. The van der Waals surface area contributed by atoms with Crippen LogP contribution in [0.5, 0.6) is 17.4 Å². The minimum Gasteiger partial charge on any atom is -0.500 e. The average molecular weight is 504 g/mol. The summed E-state index contributed by atoms with van der Waals surface area (Å²) in [5.74, 6) is 0.339. The molecule has 10 nitrogen and oxygen atoms in total. The lowest BCUT2D eigenvalue weighted by molar-refractivity contribution is -0.386. The Hall–Kier alpha value is -4.38. The molecule has 1 atom stereocenters. The van der Waals surface area contributed by atoms with Gasteiger partial charge in [0.1, 0.15) is 0 Å². The van der Waals surface area contributed by atoms with E-state index in [9.17, 15) is 15.2 Å². The number of anilines is 1. The fourth-order valence-corrected chi connectivity index (χ4v) is 4.49. The predicted octanol–water partition coefficient (Wildman–Crippen LogP) is 5.35. The van der Waals surface area contributed by atoms with Crippen molar-refractivity contribution in [3.8, 4) is 28.6 Å². The molecule has 1 aliphatic rings. The van der Waals surface area contributed by atoms with Gasteiger partial charge in [-0.2, -0.15) is 4.98 Å². The largest absolute Gasteiger partial charge is 0.500 e. The highest BCUT2D eigenvalue weighted by Gasteiger charge is 2.29. The molecule has 0 fully saturated rings. The van der Waals surface area contributed by atoms with E-state index >= 15 is 0 Å². The number of nitro benzene ring substituents is 1. The minimum absolute atomic E-state index is 0.00947. The molecule has 0 amide bonds. The van der Waals surface area contributed by atoms with Crippen molar-refractivity contribution in [3.05, 3.63) is 88.0 Å². The van der Waals surface area contributed by atoms with Crippen molar-refractivity contribution in [2.45, 2.75) is 24.1 Å². The van der Waals surface area contributed by atoms with Crippen LogP contribution in [0, 0.1) is 10.1 Å². The summed E-state index contributed by atoms with van der Waals surface area (Å²) in [4.78, 5) is 15.6. The van der Waals surface area contributed by atoms with Gasteiger partial charge in [0, 0.05) is 28.6 Å². The first-order valence-electron chi connectivity index (χ1n) is 11.1. The molecule has 11 heteroatoms. The SMILES string of the molecule is CCOc1cc([C@@H]2Nc3ccccc3-c3nnc(SCc4ccccc4)nc3O2)cc([N+](=O)[O-])c1O. The number of nitro groups is 1. The van der Waals surface area contributed by atoms with E-state index in [-0.39, 0.29) is 18.2 Å². The molecule has 2 heterocycles. The predicted molar refractivity (Wildman–Crippen MR) is 134 cm³/mol. The van der Waals surface area contributed by atoms with Gasteiger partial charge < -0.3 is 19.9 Å². The number of rotatable bonds is 7. The molecule has 36 heavy (non-hydrogen) atoms. The lowest BCUT2D eigenvalue weighted by Crippen LogP contribution is -2.17. The molecule has 4 aromatic rings. The van der Waals surface area contributed by atoms with Gasteiger partial charge in [-0.1, -0.05) is 60.3 Å². The van der Waals surface area contributed by atoms with Crippen LogP contribution in [0.3, 0.4) is 0 Å². The van der Waals surface area contributed by atoms with Crippen LogP contribution in [0.4, 0.5) is 11.4 Å². The summed E-state index contributed by atoms with van der Waals surface area (Å²) in [6, 6.07) is 20.1.